The van der Waals surface area contributed by atoms with Crippen LogP contribution >= 0.6 is 0 Å². The van der Waals surface area contributed by atoms with Crippen molar-refractivity contribution in [2.75, 3.05) is 0 Å². The lowest BCUT2D eigenvalue weighted by molar-refractivity contribution is 0.579. The van der Waals surface area contributed by atoms with E-state index in [-0.39, 0.29) is 23.4 Å². The normalized spacial score (nSPS) is 10.6. The van der Waals surface area contributed by atoms with E-state index in [1.807, 2.05) is 0 Å². The van der Waals surface area contributed by atoms with Crippen molar-refractivity contribution < 1.29 is 13.2 Å². The first-order valence-electron chi connectivity index (χ1n) is 5.58. The summed E-state index contributed by atoms with van der Waals surface area (Å²) in [6.45, 7) is 0. The molecular formula is C14H8F2N2O. The average molecular weight is 258 g/mol. The molecular weight excluding hydrogens is 250 g/mol. The smallest absolute Gasteiger partial charge is 0.248 e. The summed E-state index contributed by atoms with van der Waals surface area (Å²) in [7, 11) is 0. The van der Waals surface area contributed by atoms with Crippen LogP contribution in [0.25, 0.3) is 22.9 Å². The predicted molar refractivity (Wildman–Crippen MR) is 65.1 cm³/mol. The number of halogens is 2. The third-order valence-corrected chi connectivity index (χ3v) is 2.57. The lowest BCUT2D eigenvalue weighted by atomic mass is 10.2. The van der Waals surface area contributed by atoms with Crippen LogP contribution in [-0.2, 0) is 0 Å². The van der Waals surface area contributed by atoms with Crippen LogP contribution in [0, 0.1) is 11.6 Å². The summed E-state index contributed by atoms with van der Waals surface area (Å²) in [6, 6.07) is 11.7. The minimum absolute atomic E-state index is 0.193. The van der Waals surface area contributed by atoms with Crippen molar-refractivity contribution in [2.24, 2.45) is 0 Å². The number of rotatable bonds is 2. The van der Waals surface area contributed by atoms with Gasteiger partial charge < -0.3 is 4.42 Å². The molecule has 3 aromatic rings. The third kappa shape index (κ3) is 2.35. The fourth-order valence-corrected chi connectivity index (χ4v) is 1.70. The van der Waals surface area contributed by atoms with Crippen molar-refractivity contribution in [3.8, 4) is 22.9 Å². The highest BCUT2D eigenvalue weighted by Crippen LogP contribution is 2.24. The first-order valence-corrected chi connectivity index (χ1v) is 5.58. The highest BCUT2D eigenvalue weighted by molar-refractivity contribution is 5.57. The van der Waals surface area contributed by atoms with Gasteiger partial charge in [-0.1, -0.05) is 12.1 Å². The molecule has 0 aliphatic heterocycles. The van der Waals surface area contributed by atoms with Gasteiger partial charge in [-0.15, -0.1) is 10.2 Å². The maximum absolute atomic E-state index is 13.1. The molecule has 2 aromatic carbocycles. The van der Waals surface area contributed by atoms with E-state index in [2.05, 4.69) is 10.2 Å². The van der Waals surface area contributed by atoms with E-state index in [1.165, 1.54) is 24.3 Å². The summed E-state index contributed by atoms with van der Waals surface area (Å²) in [4.78, 5) is 0. The minimum Gasteiger partial charge on any atom is -0.416 e. The van der Waals surface area contributed by atoms with E-state index in [9.17, 15) is 8.78 Å². The lowest BCUT2D eigenvalue weighted by Crippen LogP contribution is -1.79. The van der Waals surface area contributed by atoms with Crippen LogP contribution in [-0.4, -0.2) is 10.2 Å². The second-order valence-corrected chi connectivity index (χ2v) is 3.93. The van der Waals surface area contributed by atoms with Crippen LogP contribution < -0.4 is 0 Å². The third-order valence-electron chi connectivity index (χ3n) is 2.57. The SMILES string of the molecule is Fc1cccc(-c2nnc(-c3cccc(F)c3)o2)c1. The van der Waals surface area contributed by atoms with E-state index in [0.29, 0.717) is 11.1 Å². The summed E-state index contributed by atoms with van der Waals surface area (Å²) in [5, 5.41) is 7.66. The molecule has 0 unspecified atom stereocenters. The highest BCUT2D eigenvalue weighted by Gasteiger charge is 2.11. The van der Waals surface area contributed by atoms with E-state index >= 15 is 0 Å². The number of hydrogen-bond donors (Lipinski definition) is 0. The summed E-state index contributed by atoms with van der Waals surface area (Å²) in [5.74, 6) is -0.386. The van der Waals surface area contributed by atoms with Gasteiger partial charge in [-0.3, -0.25) is 0 Å². The first kappa shape index (κ1) is 11.5. The Bertz CT molecular complexity index is 665. The summed E-state index contributed by atoms with van der Waals surface area (Å²) >= 11 is 0. The summed E-state index contributed by atoms with van der Waals surface area (Å²) < 4.78 is 31.6. The largest absolute Gasteiger partial charge is 0.416 e. The minimum atomic E-state index is -0.386. The molecule has 3 rings (SSSR count). The Kier molecular flexibility index (Phi) is 2.79. The van der Waals surface area contributed by atoms with Gasteiger partial charge in [-0.2, -0.15) is 0 Å². The van der Waals surface area contributed by atoms with Gasteiger partial charge in [0.05, 0.1) is 0 Å². The fourth-order valence-electron chi connectivity index (χ4n) is 1.70. The first-order chi connectivity index (χ1) is 9.22. The zero-order valence-corrected chi connectivity index (χ0v) is 9.68. The average Bonchev–Trinajstić information content (AvgIpc) is 2.88. The van der Waals surface area contributed by atoms with Gasteiger partial charge in [0.2, 0.25) is 11.8 Å². The van der Waals surface area contributed by atoms with Crippen molar-refractivity contribution in [1.82, 2.24) is 10.2 Å². The van der Waals surface area contributed by atoms with Crippen LogP contribution in [0.1, 0.15) is 0 Å². The zero-order chi connectivity index (χ0) is 13.2. The number of benzene rings is 2. The van der Waals surface area contributed by atoms with Gasteiger partial charge in [0.1, 0.15) is 11.6 Å². The Balaban J connectivity index is 2.00. The Labute approximate surface area is 107 Å². The maximum Gasteiger partial charge on any atom is 0.248 e. The molecule has 1 aromatic heterocycles. The van der Waals surface area contributed by atoms with Crippen molar-refractivity contribution in [1.29, 1.82) is 0 Å². The molecule has 0 saturated heterocycles. The quantitative estimate of drug-likeness (QED) is 0.703. The van der Waals surface area contributed by atoms with E-state index in [0.717, 1.165) is 0 Å². The summed E-state index contributed by atoms with van der Waals surface area (Å²) in [6.07, 6.45) is 0. The standard InChI is InChI=1S/C14H8F2N2O/c15-11-5-1-3-9(7-11)13-17-18-14(19-13)10-4-2-6-12(16)8-10/h1-8H. The van der Waals surface area contributed by atoms with E-state index in [4.69, 9.17) is 4.42 Å². The number of hydrogen-bond acceptors (Lipinski definition) is 3. The Hall–Kier alpha value is -2.56. The topological polar surface area (TPSA) is 38.9 Å². The molecule has 0 N–H and O–H groups in total. The van der Waals surface area contributed by atoms with Gasteiger partial charge in [0.25, 0.3) is 0 Å². The van der Waals surface area contributed by atoms with Gasteiger partial charge in [-0.25, -0.2) is 8.78 Å². The fraction of sp³-hybridized carbons (Fsp3) is 0. The van der Waals surface area contributed by atoms with Gasteiger partial charge in [0.15, 0.2) is 0 Å². The molecule has 1 heterocycles. The Morgan fingerprint density at radius 1 is 0.737 bits per heavy atom. The second-order valence-electron chi connectivity index (χ2n) is 3.93. The molecule has 94 valence electrons. The Morgan fingerprint density at radius 2 is 1.21 bits per heavy atom. The van der Waals surface area contributed by atoms with Crippen LogP contribution in [0.2, 0.25) is 0 Å². The predicted octanol–water partition coefficient (Wildman–Crippen LogP) is 3.68. The van der Waals surface area contributed by atoms with Gasteiger partial charge in [-0.05, 0) is 36.4 Å². The lowest BCUT2D eigenvalue weighted by Gasteiger charge is -1.95. The second kappa shape index (κ2) is 4.61. The molecule has 0 fully saturated rings. The molecule has 0 spiro atoms. The van der Waals surface area contributed by atoms with Crippen LogP contribution in [0.3, 0.4) is 0 Å². The molecule has 5 heteroatoms. The molecule has 0 atom stereocenters. The molecule has 0 aliphatic rings. The number of aromatic nitrogens is 2. The molecule has 0 aliphatic carbocycles. The zero-order valence-electron chi connectivity index (χ0n) is 9.68. The van der Waals surface area contributed by atoms with Crippen LogP contribution in [0.4, 0.5) is 8.78 Å². The molecule has 0 bridgehead atoms. The van der Waals surface area contributed by atoms with Gasteiger partial charge >= 0.3 is 0 Å². The van der Waals surface area contributed by atoms with Crippen molar-refractivity contribution in [3.05, 3.63) is 60.2 Å². The molecule has 3 nitrogen and oxygen atoms in total. The van der Waals surface area contributed by atoms with Crippen LogP contribution in [0.15, 0.2) is 52.9 Å². The monoisotopic (exact) mass is 258 g/mol. The molecule has 0 saturated carbocycles. The van der Waals surface area contributed by atoms with Gasteiger partial charge in [0, 0.05) is 11.1 Å². The maximum atomic E-state index is 13.1. The summed E-state index contributed by atoms with van der Waals surface area (Å²) in [5.41, 5.74) is 0.963. The number of nitrogens with zero attached hydrogens (tertiary/aromatic N) is 2. The van der Waals surface area contributed by atoms with E-state index < -0.39 is 0 Å². The Morgan fingerprint density at radius 3 is 1.63 bits per heavy atom. The molecule has 0 radical (unpaired) electrons. The van der Waals surface area contributed by atoms with E-state index in [1.54, 1.807) is 24.3 Å². The molecule has 19 heavy (non-hydrogen) atoms. The van der Waals surface area contributed by atoms with Crippen molar-refractivity contribution in [2.45, 2.75) is 0 Å². The van der Waals surface area contributed by atoms with Crippen molar-refractivity contribution >= 4 is 0 Å². The van der Waals surface area contributed by atoms with Crippen molar-refractivity contribution in [3.63, 3.8) is 0 Å². The van der Waals surface area contributed by atoms with Crippen LogP contribution in [0.5, 0.6) is 0 Å². The molecule has 0 amide bonds. The highest BCUT2D eigenvalue weighted by atomic mass is 19.1.